The lowest BCUT2D eigenvalue weighted by Crippen LogP contribution is -2.19. The SMILES string of the molecule is BrC(Cc1ccccc1)C(Br)Cc1ccccc1. The molecule has 2 rings (SSSR count). The molecule has 0 radical (unpaired) electrons. The zero-order valence-electron chi connectivity index (χ0n) is 10.1. The lowest BCUT2D eigenvalue weighted by atomic mass is 10.0. The van der Waals surface area contributed by atoms with E-state index in [0.717, 1.165) is 12.8 Å². The molecule has 0 spiro atoms. The fraction of sp³-hybridized carbons (Fsp3) is 0.250. The number of benzene rings is 2. The van der Waals surface area contributed by atoms with E-state index in [0.29, 0.717) is 9.65 Å². The van der Waals surface area contributed by atoms with E-state index in [-0.39, 0.29) is 0 Å². The Morgan fingerprint density at radius 1 is 0.611 bits per heavy atom. The van der Waals surface area contributed by atoms with Gasteiger partial charge in [0.1, 0.15) is 0 Å². The van der Waals surface area contributed by atoms with Gasteiger partial charge in [-0.3, -0.25) is 0 Å². The highest BCUT2D eigenvalue weighted by molar-refractivity contribution is 9.12. The fourth-order valence-electron chi connectivity index (χ4n) is 1.93. The van der Waals surface area contributed by atoms with Gasteiger partial charge in [-0.25, -0.2) is 0 Å². The molecule has 2 aromatic carbocycles. The largest absolute Gasteiger partial charge is 0.0875 e. The molecule has 0 N–H and O–H groups in total. The summed E-state index contributed by atoms with van der Waals surface area (Å²) in [6.07, 6.45) is 2.09. The van der Waals surface area contributed by atoms with Gasteiger partial charge in [-0.15, -0.1) is 0 Å². The van der Waals surface area contributed by atoms with Gasteiger partial charge in [-0.1, -0.05) is 92.5 Å². The lowest BCUT2D eigenvalue weighted by Gasteiger charge is -2.17. The van der Waals surface area contributed by atoms with Gasteiger partial charge < -0.3 is 0 Å². The van der Waals surface area contributed by atoms with E-state index in [9.17, 15) is 0 Å². The third kappa shape index (κ3) is 4.25. The van der Waals surface area contributed by atoms with Crippen LogP contribution in [0.15, 0.2) is 60.7 Å². The highest BCUT2D eigenvalue weighted by Gasteiger charge is 2.16. The van der Waals surface area contributed by atoms with Gasteiger partial charge in [0.25, 0.3) is 0 Å². The predicted molar refractivity (Wildman–Crippen MR) is 85.7 cm³/mol. The summed E-state index contributed by atoms with van der Waals surface area (Å²) in [6.45, 7) is 0. The topological polar surface area (TPSA) is 0 Å². The van der Waals surface area contributed by atoms with Gasteiger partial charge in [-0.05, 0) is 24.0 Å². The van der Waals surface area contributed by atoms with Crippen LogP contribution in [0.3, 0.4) is 0 Å². The van der Waals surface area contributed by atoms with E-state index in [1.54, 1.807) is 0 Å². The maximum atomic E-state index is 3.79. The Labute approximate surface area is 126 Å². The number of halogens is 2. The van der Waals surface area contributed by atoms with Crippen molar-refractivity contribution in [3.8, 4) is 0 Å². The average molecular weight is 368 g/mol. The number of hydrogen-bond acceptors (Lipinski definition) is 0. The summed E-state index contributed by atoms with van der Waals surface area (Å²) in [5, 5.41) is 0. The molecule has 0 aliphatic rings. The molecule has 0 aliphatic carbocycles. The molecule has 0 bridgehead atoms. The van der Waals surface area contributed by atoms with Gasteiger partial charge in [0.05, 0.1) is 0 Å². The summed E-state index contributed by atoms with van der Waals surface area (Å²) < 4.78 is 0. The van der Waals surface area contributed by atoms with Crippen molar-refractivity contribution in [1.29, 1.82) is 0 Å². The van der Waals surface area contributed by atoms with Gasteiger partial charge in [-0.2, -0.15) is 0 Å². The lowest BCUT2D eigenvalue weighted by molar-refractivity contribution is 0.793. The Kier molecular flexibility index (Phi) is 5.45. The molecule has 0 aromatic heterocycles. The molecule has 0 nitrogen and oxygen atoms in total. The first kappa shape index (κ1) is 13.8. The molecule has 0 saturated heterocycles. The van der Waals surface area contributed by atoms with E-state index in [1.165, 1.54) is 11.1 Å². The quantitative estimate of drug-likeness (QED) is 0.652. The van der Waals surface area contributed by atoms with E-state index in [2.05, 4.69) is 92.5 Å². The second kappa shape index (κ2) is 7.10. The predicted octanol–water partition coefficient (Wildman–Crippen LogP) is 5.00. The molecule has 2 unspecified atom stereocenters. The van der Waals surface area contributed by atoms with Crippen molar-refractivity contribution in [1.82, 2.24) is 0 Å². The minimum atomic E-state index is 0.445. The average Bonchev–Trinajstić information content (AvgIpc) is 2.41. The van der Waals surface area contributed by atoms with Gasteiger partial charge in [0.2, 0.25) is 0 Å². The second-order valence-corrected chi connectivity index (χ2v) is 6.76. The summed E-state index contributed by atoms with van der Waals surface area (Å²) >= 11 is 7.58. The Balaban J connectivity index is 1.91. The normalized spacial score (nSPS) is 14.1. The van der Waals surface area contributed by atoms with Crippen LogP contribution >= 0.6 is 31.9 Å². The van der Waals surface area contributed by atoms with Crippen molar-refractivity contribution in [3.05, 3.63) is 71.8 Å². The fourth-order valence-corrected chi connectivity index (χ4v) is 3.06. The molecular formula is C16H16Br2. The molecule has 0 amide bonds. The van der Waals surface area contributed by atoms with Crippen molar-refractivity contribution in [2.24, 2.45) is 0 Å². The highest BCUT2D eigenvalue weighted by Crippen LogP contribution is 2.22. The number of rotatable bonds is 5. The van der Waals surface area contributed by atoms with E-state index in [4.69, 9.17) is 0 Å². The van der Waals surface area contributed by atoms with Crippen LogP contribution in [-0.2, 0) is 12.8 Å². The van der Waals surface area contributed by atoms with Crippen LogP contribution in [0.25, 0.3) is 0 Å². The van der Waals surface area contributed by atoms with Crippen LogP contribution in [0.1, 0.15) is 11.1 Å². The zero-order valence-corrected chi connectivity index (χ0v) is 13.3. The Morgan fingerprint density at radius 2 is 0.944 bits per heavy atom. The van der Waals surface area contributed by atoms with Gasteiger partial charge >= 0.3 is 0 Å². The van der Waals surface area contributed by atoms with E-state index in [1.807, 2.05) is 0 Å². The number of alkyl halides is 2. The summed E-state index contributed by atoms with van der Waals surface area (Å²) in [4.78, 5) is 0.889. The smallest absolute Gasteiger partial charge is 0.0314 e. The molecule has 2 atom stereocenters. The minimum Gasteiger partial charge on any atom is -0.0875 e. The third-order valence-electron chi connectivity index (χ3n) is 2.94. The maximum absolute atomic E-state index is 3.79. The standard InChI is InChI=1S/C16H16Br2/c17-15(11-13-7-3-1-4-8-13)16(18)12-14-9-5-2-6-10-14/h1-10,15-16H,11-12H2. The third-order valence-corrected chi connectivity index (χ3v) is 5.57. The summed E-state index contributed by atoms with van der Waals surface area (Å²) in [5.41, 5.74) is 2.74. The van der Waals surface area contributed by atoms with Crippen molar-refractivity contribution in [3.63, 3.8) is 0 Å². The van der Waals surface area contributed by atoms with Crippen molar-refractivity contribution >= 4 is 31.9 Å². The van der Waals surface area contributed by atoms with Crippen LogP contribution < -0.4 is 0 Å². The van der Waals surface area contributed by atoms with Crippen LogP contribution in [0.2, 0.25) is 0 Å². The minimum absolute atomic E-state index is 0.445. The molecule has 2 aromatic rings. The van der Waals surface area contributed by atoms with Crippen LogP contribution in [0.4, 0.5) is 0 Å². The summed E-state index contributed by atoms with van der Waals surface area (Å²) in [6, 6.07) is 21.2. The Hall–Kier alpha value is -0.600. The van der Waals surface area contributed by atoms with E-state index >= 15 is 0 Å². The van der Waals surface area contributed by atoms with Crippen molar-refractivity contribution in [2.45, 2.75) is 22.5 Å². The first-order valence-corrected chi connectivity index (χ1v) is 7.95. The molecule has 0 fully saturated rings. The second-order valence-electron chi connectivity index (χ2n) is 4.41. The van der Waals surface area contributed by atoms with Gasteiger partial charge in [0.15, 0.2) is 0 Å². The zero-order chi connectivity index (χ0) is 12.8. The van der Waals surface area contributed by atoms with Crippen molar-refractivity contribution in [2.75, 3.05) is 0 Å². The highest BCUT2D eigenvalue weighted by atomic mass is 79.9. The van der Waals surface area contributed by atoms with Crippen LogP contribution in [-0.4, -0.2) is 9.65 Å². The maximum Gasteiger partial charge on any atom is 0.0314 e. The first-order valence-electron chi connectivity index (χ1n) is 6.11. The summed E-state index contributed by atoms with van der Waals surface area (Å²) in [7, 11) is 0. The monoisotopic (exact) mass is 366 g/mol. The number of hydrogen-bond donors (Lipinski definition) is 0. The molecule has 0 heterocycles. The van der Waals surface area contributed by atoms with Gasteiger partial charge in [0, 0.05) is 9.65 Å². The molecule has 18 heavy (non-hydrogen) atoms. The summed E-state index contributed by atoms with van der Waals surface area (Å²) in [5.74, 6) is 0. The molecule has 94 valence electrons. The first-order chi connectivity index (χ1) is 8.75. The molecular weight excluding hydrogens is 352 g/mol. The van der Waals surface area contributed by atoms with E-state index < -0.39 is 0 Å². The van der Waals surface area contributed by atoms with Crippen molar-refractivity contribution < 1.29 is 0 Å². The molecule has 2 heteroatoms. The Bertz CT molecular complexity index is 408. The molecule has 0 aliphatic heterocycles. The van der Waals surface area contributed by atoms with Crippen LogP contribution in [0.5, 0.6) is 0 Å². The Morgan fingerprint density at radius 3 is 1.28 bits per heavy atom. The molecule has 0 saturated carbocycles. The van der Waals surface area contributed by atoms with Crippen LogP contribution in [0, 0.1) is 0 Å².